The molecular formula is C16H17Cl4NO2S. The van der Waals surface area contributed by atoms with Gasteiger partial charge in [-0.3, -0.25) is 0 Å². The van der Waals surface area contributed by atoms with Crippen molar-refractivity contribution in [3.05, 3.63) is 29.3 Å². The number of rotatable bonds is 3. The van der Waals surface area contributed by atoms with Gasteiger partial charge < -0.3 is 9.64 Å². The highest BCUT2D eigenvalue weighted by atomic mass is 35.6. The second-order valence-corrected chi connectivity index (χ2v) is 10.5. The molecule has 0 aromatic heterocycles. The molecule has 1 aromatic rings. The molecule has 132 valence electrons. The van der Waals surface area contributed by atoms with Crippen molar-refractivity contribution in [3.63, 3.8) is 0 Å². The molecule has 0 spiro atoms. The van der Waals surface area contributed by atoms with Crippen molar-refractivity contribution < 1.29 is 9.53 Å². The van der Waals surface area contributed by atoms with E-state index in [1.807, 2.05) is 40.9 Å². The lowest BCUT2D eigenvalue weighted by Gasteiger charge is -2.38. The number of carbonyl (C=O) groups excluding carboxylic acids is 1. The van der Waals surface area contributed by atoms with Crippen LogP contribution in [0.25, 0.3) is 0 Å². The Bertz CT molecular complexity index is 579. The van der Waals surface area contributed by atoms with E-state index in [1.165, 1.54) is 4.90 Å². The van der Waals surface area contributed by atoms with Gasteiger partial charge in [0.05, 0.1) is 0 Å². The van der Waals surface area contributed by atoms with Crippen molar-refractivity contribution in [2.24, 2.45) is 0 Å². The van der Waals surface area contributed by atoms with E-state index in [9.17, 15) is 4.79 Å². The molecule has 0 N–H and O–H groups in total. The van der Waals surface area contributed by atoms with Crippen LogP contribution in [-0.2, 0) is 4.74 Å². The average molecular weight is 429 g/mol. The molecule has 8 heteroatoms. The molecule has 1 amide bonds. The molecule has 2 bridgehead atoms. The molecule has 0 radical (unpaired) electrons. The van der Waals surface area contributed by atoms with Gasteiger partial charge in [-0.05, 0) is 49.9 Å². The lowest BCUT2D eigenvalue weighted by Crippen LogP contribution is -2.48. The van der Waals surface area contributed by atoms with Crippen molar-refractivity contribution >= 4 is 64.3 Å². The SMILES string of the molecule is O=C(OCC(Cl)(Cl)Cl)N1C2CCC1CC(Sc1ccc(Cl)cc1)C2. The van der Waals surface area contributed by atoms with Crippen molar-refractivity contribution in [1.82, 2.24) is 4.90 Å². The summed E-state index contributed by atoms with van der Waals surface area (Å²) >= 11 is 24.7. The molecule has 2 saturated heterocycles. The first-order valence-electron chi connectivity index (χ1n) is 7.76. The molecule has 2 aliphatic rings. The number of hydrogen-bond donors (Lipinski definition) is 0. The summed E-state index contributed by atoms with van der Waals surface area (Å²) < 4.78 is 3.59. The Hall–Kier alpha value is -0.000000000000000167. The minimum absolute atomic E-state index is 0.205. The lowest BCUT2D eigenvalue weighted by molar-refractivity contribution is 0.0724. The second kappa shape index (κ2) is 7.71. The Kier molecular flexibility index (Phi) is 6.03. The van der Waals surface area contributed by atoms with Crippen LogP contribution in [0, 0.1) is 0 Å². The van der Waals surface area contributed by atoms with Gasteiger partial charge >= 0.3 is 6.09 Å². The van der Waals surface area contributed by atoms with E-state index in [4.69, 9.17) is 51.1 Å². The quantitative estimate of drug-likeness (QED) is 0.558. The number of piperidine rings is 1. The van der Waals surface area contributed by atoms with Crippen LogP contribution in [0.3, 0.4) is 0 Å². The summed E-state index contributed by atoms with van der Waals surface area (Å²) in [5.74, 6) is 0. The van der Waals surface area contributed by atoms with Gasteiger partial charge in [-0.2, -0.15) is 0 Å². The molecule has 2 aliphatic heterocycles. The molecule has 1 aromatic carbocycles. The topological polar surface area (TPSA) is 29.5 Å². The van der Waals surface area contributed by atoms with E-state index in [-0.39, 0.29) is 24.8 Å². The third-order valence-corrected chi connectivity index (χ3v) is 6.22. The van der Waals surface area contributed by atoms with Gasteiger partial charge in [-0.15, -0.1) is 11.8 Å². The zero-order valence-corrected chi connectivity index (χ0v) is 16.6. The van der Waals surface area contributed by atoms with E-state index in [0.717, 1.165) is 30.7 Å². The third-order valence-electron chi connectivity index (χ3n) is 4.38. The van der Waals surface area contributed by atoms with E-state index >= 15 is 0 Å². The Labute approximate surface area is 165 Å². The number of fused-ring (bicyclic) bond motifs is 2. The number of benzene rings is 1. The van der Waals surface area contributed by atoms with Crippen molar-refractivity contribution in [1.29, 1.82) is 0 Å². The highest BCUT2D eigenvalue weighted by Crippen LogP contribution is 2.42. The van der Waals surface area contributed by atoms with Gasteiger partial charge in [-0.1, -0.05) is 46.4 Å². The standard InChI is InChI=1S/C16H17Cl4NO2S/c17-10-1-5-13(6-2-10)24-14-7-11-3-4-12(8-14)21(11)15(22)23-9-16(18,19)20/h1-2,5-6,11-12,14H,3-4,7-9H2. The fourth-order valence-electron chi connectivity index (χ4n) is 3.45. The van der Waals surface area contributed by atoms with Crippen molar-refractivity contribution in [2.75, 3.05) is 6.61 Å². The van der Waals surface area contributed by atoms with Crippen LogP contribution >= 0.6 is 58.2 Å². The van der Waals surface area contributed by atoms with Crippen LogP contribution < -0.4 is 0 Å². The molecule has 3 rings (SSSR count). The van der Waals surface area contributed by atoms with Gasteiger partial charge in [0.2, 0.25) is 3.79 Å². The summed E-state index contributed by atoms with van der Waals surface area (Å²) in [7, 11) is 0. The molecule has 0 aliphatic carbocycles. The van der Waals surface area contributed by atoms with Gasteiger partial charge in [-0.25, -0.2) is 4.79 Å². The first-order chi connectivity index (χ1) is 11.3. The molecule has 2 fully saturated rings. The maximum absolute atomic E-state index is 12.3. The summed E-state index contributed by atoms with van der Waals surface area (Å²) in [6, 6.07) is 8.30. The first kappa shape index (κ1) is 18.8. The van der Waals surface area contributed by atoms with Gasteiger partial charge in [0, 0.05) is 27.3 Å². The Morgan fingerprint density at radius 2 is 1.75 bits per heavy atom. The fraction of sp³-hybridized carbons (Fsp3) is 0.562. The monoisotopic (exact) mass is 427 g/mol. The Balaban J connectivity index is 1.58. The molecule has 0 saturated carbocycles. The minimum atomic E-state index is -1.57. The molecule has 2 unspecified atom stereocenters. The Morgan fingerprint density at radius 3 is 2.29 bits per heavy atom. The zero-order chi connectivity index (χ0) is 17.3. The van der Waals surface area contributed by atoms with E-state index < -0.39 is 3.79 Å². The van der Waals surface area contributed by atoms with Crippen LogP contribution in [0.4, 0.5) is 4.79 Å². The van der Waals surface area contributed by atoms with Crippen molar-refractivity contribution in [2.45, 2.75) is 51.7 Å². The van der Waals surface area contributed by atoms with Gasteiger partial charge in [0.15, 0.2) is 0 Å². The number of alkyl halides is 3. The van der Waals surface area contributed by atoms with Gasteiger partial charge in [0.1, 0.15) is 6.61 Å². The number of ether oxygens (including phenoxy) is 1. The van der Waals surface area contributed by atoms with Crippen LogP contribution in [0.5, 0.6) is 0 Å². The molecule has 24 heavy (non-hydrogen) atoms. The number of halogens is 4. The summed E-state index contributed by atoms with van der Waals surface area (Å²) in [6.07, 6.45) is 3.54. The molecule has 2 atom stereocenters. The Morgan fingerprint density at radius 1 is 1.17 bits per heavy atom. The van der Waals surface area contributed by atoms with Crippen LogP contribution in [-0.4, -0.2) is 38.7 Å². The summed E-state index contributed by atoms with van der Waals surface area (Å²) in [5.41, 5.74) is 0. The predicted octanol–water partition coefficient (Wildman–Crippen LogP) is 5.93. The highest BCUT2D eigenvalue weighted by molar-refractivity contribution is 8.00. The van der Waals surface area contributed by atoms with Crippen LogP contribution in [0.1, 0.15) is 25.7 Å². The summed E-state index contributed by atoms with van der Waals surface area (Å²) in [6.45, 7) is -0.227. The van der Waals surface area contributed by atoms with E-state index in [2.05, 4.69) is 0 Å². The number of hydrogen-bond acceptors (Lipinski definition) is 3. The van der Waals surface area contributed by atoms with Crippen LogP contribution in [0.15, 0.2) is 29.2 Å². The lowest BCUT2D eigenvalue weighted by atomic mass is 10.0. The summed E-state index contributed by atoms with van der Waals surface area (Å²) in [5, 5.41) is 1.23. The number of carbonyl (C=O) groups is 1. The molecule has 2 heterocycles. The zero-order valence-electron chi connectivity index (χ0n) is 12.8. The maximum Gasteiger partial charge on any atom is 0.410 e. The number of thioether (sulfide) groups is 1. The van der Waals surface area contributed by atoms with Crippen molar-refractivity contribution in [3.8, 4) is 0 Å². The fourth-order valence-corrected chi connectivity index (χ4v) is 5.05. The minimum Gasteiger partial charge on any atom is -0.445 e. The predicted molar refractivity (Wildman–Crippen MR) is 101 cm³/mol. The third kappa shape index (κ3) is 4.79. The smallest absolute Gasteiger partial charge is 0.410 e. The van der Waals surface area contributed by atoms with Crippen LogP contribution in [0.2, 0.25) is 5.02 Å². The largest absolute Gasteiger partial charge is 0.445 e. The molecular weight excluding hydrogens is 412 g/mol. The van der Waals surface area contributed by atoms with E-state index in [1.54, 1.807) is 0 Å². The first-order valence-corrected chi connectivity index (χ1v) is 10.1. The highest BCUT2D eigenvalue weighted by Gasteiger charge is 2.44. The number of amides is 1. The normalized spacial score (nSPS) is 26.5. The van der Waals surface area contributed by atoms with Gasteiger partial charge in [0.25, 0.3) is 0 Å². The summed E-state index contributed by atoms with van der Waals surface area (Å²) in [4.78, 5) is 15.4. The maximum atomic E-state index is 12.3. The van der Waals surface area contributed by atoms with E-state index in [0.29, 0.717) is 5.25 Å². The molecule has 3 nitrogen and oxygen atoms in total. The number of nitrogens with zero attached hydrogens (tertiary/aromatic N) is 1. The average Bonchev–Trinajstić information content (AvgIpc) is 2.78. The second-order valence-electron chi connectivity index (χ2n) is 6.13.